The minimum atomic E-state index is 0.0498. The average molecular weight is 153 g/mol. The number of rotatable bonds is 1. The molecule has 1 fully saturated rings. The van der Waals surface area contributed by atoms with Gasteiger partial charge in [-0.2, -0.15) is 0 Å². The fourth-order valence-electron chi connectivity index (χ4n) is 1.39. The lowest BCUT2D eigenvalue weighted by atomic mass is 10.1. The Hall–Kier alpha value is -0.800. The molecule has 1 saturated heterocycles. The van der Waals surface area contributed by atoms with E-state index in [1.807, 2.05) is 6.07 Å². The summed E-state index contributed by atoms with van der Waals surface area (Å²) in [6, 6.07) is 2.03. The van der Waals surface area contributed by atoms with Crippen molar-refractivity contribution in [2.24, 2.45) is 5.73 Å². The monoisotopic (exact) mass is 153 g/mol. The molecule has 3 heteroatoms. The number of hydrogen-bond donors (Lipinski definition) is 1. The zero-order valence-corrected chi connectivity index (χ0v) is 6.19. The summed E-state index contributed by atoms with van der Waals surface area (Å²) in [6.07, 6.45) is 4.32. The van der Waals surface area contributed by atoms with Gasteiger partial charge >= 0.3 is 0 Å². The summed E-state index contributed by atoms with van der Waals surface area (Å²) < 4.78 is 10.4. The molecule has 0 amide bonds. The van der Waals surface area contributed by atoms with Crippen LogP contribution in [0.2, 0.25) is 0 Å². The highest BCUT2D eigenvalue weighted by molar-refractivity contribution is 5.13. The second-order valence-electron chi connectivity index (χ2n) is 2.80. The quantitative estimate of drug-likeness (QED) is 0.656. The van der Waals surface area contributed by atoms with Gasteiger partial charge in [0.25, 0.3) is 0 Å². The van der Waals surface area contributed by atoms with E-state index in [0.29, 0.717) is 0 Å². The lowest BCUT2D eigenvalue weighted by Crippen LogP contribution is -2.22. The Bertz CT molecular complexity index is 220. The molecule has 0 bridgehead atoms. The molecule has 0 saturated carbocycles. The van der Waals surface area contributed by atoms with Crippen LogP contribution in [0.5, 0.6) is 0 Å². The summed E-state index contributed by atoms with van der Waals surface area (Å²) in [7, 11) is 0. The fraction of sp³-hybridized carbons (Fsp3) is 0.500. The minimum absolute atomic E-state index is 0.0498. The van der Waals surface area contributed by atoms with Crippen molar-refractivity contribution in [2.75, 3.05) is 6.61 Å². The molecule has 0 aliphatic carbocycles. The van der Waals surface area contributed by atoms with E-state index in [9.17, 15) is 0 Å². The van der Waals surface area contributed by atoms with Gasteiger partial charge in [0.2, 0.25) is 0 Å². The molecule has 2 heterocycles. The number of furan rings is 1. The lowest BCUT2D eigenvalue weighted by molar-refractivity contribution is 0.104. The van der Waals surface area contributed by atoms with Crippen LogP contribution < -0.4 is 5.73 Å². The second kappa shape index (κ2) is 2.68. The molecule has 3 nitrogen and oxygen atoms in total. The van der Waals surface area contributed by atoms with Crippen LogP contribution >= 0.6 is 0 Å². The molecule has 1 aliphatic rings. The Morgan fingerprint density at radius 1 is 1.55 bits per heavy atom. The number of hydrogen-bond acceptors (Lipinski definition) is 3. The molecule has 0 radical (unpaired) electrons. The molecule has 2 rings (SSSR count). The van der Waals surface area contributed by atoms with Crippen LogP contribution in [-0.2, 0) is 4.74 Å². The zero-order chi connectivity index (χ0) is 7.68. The van der Waals surface area contributed by atoms with Gasteiger partial charge in [-0.05, 0) is 12.5 Å². The molecular formula is C8H11NO2. The van der Waals surface area contributed by atoms with Crippen molar-refractivity contribution < 1.29 is 9.15 Å². The first-order valence-electron chi connectivity index (χ1n) is 3.77. The summed E-state index contributed by atoms with van der Waals surface area (Å²) in [4.78, 5) is 0. The summed E-state index contributed by atoms with van der Waals surface area (Å²) >= 11 is 0. The molecule has 0 aromatic carbocycles. The fourth-order valence-corrected chi connectivity index (χ4v) is 1.39. The molecule has 1 aromatic heterocycles. The second-order valence-corrected chi connectivity index (χ2v) is 2.80. The predicted molar refractivity (Wildman–Crippen MR) is 40.0 cm³/mol. The van der Waals surface area contributed by atoms with Gasteiger partial charge in [-0.15, -0.1) is 0 Å². The van der Waals surface area contributed by atoms with Gasteiger partial charge in [0.15, 0.2) is 0 Å². The van der Waals surface area contributed by atoms with Crippen LogP contribution in [0.15, 0.2) is 23.0 Å². The third-order valence-corrected chi connectivity index (χ3v) is 2.01. The SMILES string of the molecule is NC1CCOC1c1ccoc1. The van der Waals surface area contributed by atoms with Crippen LogP contribution in [0.3, 0.4) is 0 Å². The Balaban J connectivity index is 2.16. The average Bonchev–Trinajstić information content (AvgIpc) is 2.55. The first-order valence-corrected chi connectivity index (χ1v) is 3.77. The maximum Gasteiger partial charge on any atom is 0.101 e. The van der Waals surface area contributed by atoms with Crippen molar-refractivity contribution in [3.05, 3.63) is 24.2 Å². The van der Waals surface area contributed by atoms with Crippen molar-refractivity contribution >= 4 is 0 Å². The van der Waals surface area contributed by atoms with E-state index in [1.165, 1.54) is 0 Å². The largest absolute Gasteiger partial charge is 0.472 e. The van der Waals surface area contributed by atoms with Gasteiger partial charge in [-0.1, -0.05) is 0 Å². The van der Waals surface area contributed by atoms with E-state index in [-0.39, 0.29) is 12.1 Å². The topological polar surface area (TPSA) is 48.4 Å². The van der Waals surface area contributed by atoms with Gasteiger partial charge in [0.1, 0.15) is 6.10 Å². The molecule has 0 spiro atoms. The smallest absolute Gasteiger partial charge is 0.101 e. The van der Waals surface area contributed by atoms with Crippen LogP contribution in [0.1, 0.15) is 18.1 Å². The molecule has 2 N–H and O–H groups in total. The van der Waals surface area contributed by atoms with E-state index in [0.717, 1.165) is 18.6 Å². The highest BCUT2D eigenvalue weighted by Gasteiger charge is 2.26. The first kappa shape index (κ1) is 6.88. The van der Waals surface area contributed by atoms with Gasteiger partial charge < -0.3 is 14.9 Å². The maximum atomic E-state index is 5.80. The standard InChI is InChI=1S/C8H11NO2/c9-7-2-4-11-8(7)6-1-3-10-5-6/h1,3,5,7-8H,2,4,9H2. The van der Waals surface area contributed by atoms with Gasteiger partial charge in [-0.25, -0.2) is 0 Å². The summed E-state index contributed by atoms with van der Waals surface area (Å²) in [6.45, 7) is 0.761. The third kappa shape index (κ3) is 1.17. The van der Waals surface area contributed by atoms with Crippen molar-refractivity contribution in [3.8, 4) is 0 Å². The Labute approximate surface area is 65.1 Å². The lowest BCUT2D eigenvalue weighted by Gasteiger charge is -2.11. The summed E-state index contributed by atoms with van der Waals surface area (Å²) in [5.74, 6) is 0. The highest BCUT2D eigenvalue weighted by atomic mass is 16.5. The molecule has 2 atom stereocenters. The molecule has 1 aliphatic heterocycles. The Morgan fingerprint density at radius 2 is 2.45 bits per heavy atom. The normalized spacial score (nSPS) is 31.0. The van der Waals surface area contributed by atoms with Crippen molar-refractivity contribution in [2.45, 2.75) is 18.6 Å². The van der Waals surface area contributed by atoms with Gasteiger partial charge in [0, 0.05) is 18.2 Å². The van der Waals surface area contributed by atoms with Crippen molar-refractivity contribution in [1.82, 2.24) is 0 Å². The summed E-state index contributed by atoms with van der Waals surface area (Å²) in [5.41, 5.74) is 6.85. The predicted octanol–water partition coefficient (Wildman–Crippen LogP) is 1.07. The third-order valence-electron chi connectivity index (χ3n) is 2.01. The minimum Gasteiger partial charge on any atom is -0.472 e. The molecule has 1 aromatic rings. The van der Waals surface area contributed by atoms with Gasteiger partial charge in [-0.3, -0.25) is 0 Å². The van der Waals surface area contributed by atoms with Gasteiger partial charge in [0.05, 0.1) is 12.5 Å². The molecule has 2 unspecified atom stereocenters. The van der Waals surface area contributed by atoms with E-state index in [2.05, 4.69) is 0 Å². The van der Waals surface area contributed by atoms with E-state index < -0.39 is 0 Å². The number of ether oxygens (including phenoxy) is 1. The zero-order valence-electron chi connectivity index (χ0n) is 6.19. The summed E-state index contributed by atoms with van der Waals surface area (Å²) in [5, 5.41) is 0. The van der Waals surface area contributed by atoms with Crippen LogP contribution in [0.4, 0.5) is 0 Å². The van der Waals surface area contributed by atoms with Crippen LogP contribution in [-0.4, -0.2) is 12.6 Å². The first-order chi connectivity index (χ1) is 5.38. The highest BCUT2D eigenvalue weighted by Crippen LogP contribution is 2.27. The van der Waals surface area contributed by atoms with Crippen LogP contribution in [0, 0.1) is 0 Å². The van der Waals surface area contributed by atoms with E-state index in [1.54, 1.807) is 12.5 Å². The Kier molecular flexibility index (Phi) is 1.68. The Morgan fingerprint density at radius 3 is 3.00 bits per heavy atom. The van der Waals surface area contributed by atoms with Crippen molar-refractivity contribution in [3.63, 3.8) is 0 Å². The van der Waals surface area contributed by atoms with Crippen molar-refractivity contribution in [1.29, 1.82) is 0 Å². The van der Waals surface area contributed by atoms with E-state index >= 15 is 0 Å². The maximum absolute atomic E-state index is 5.80. The van der Waals surface area contributed by atoms with Crippen LogP contribution in [0.25, 0.3) is 0 Å². The molecule has 60 valence electrons. The number of nitrogens with two attached hydrogens (primary N) is 1. The molecule has 11 heavy (non-hydrogen) atoms. The van der Waals surface area contributed by atoms with E-state index in [4.69, 9.17) is 14.9 Å². The molecular weight excluding hydrogens is 142 g/mol.